The molecule has 0 aliphatic carbocycles. The molecule has 7 heteroatoms. The first kappa shape index (κ1) is 29.6. The van der Waals surface area contributed by atoms with Crippen molar-refractivity contribution >= 4 is 23.0 Å². The zero-order valence-electron chi connectivity index (χ0n) is 22.8. The largest absolute Gasteiger partial charge is 0.352 e. The lowest BCUT2D eigenvalue weighted by Gasteiger charge is -2.26. The van der Waals surface area contributed by atoms with Gasteiger partial charge in [0, 0.05) is 26.2 Å². The minimum atomic E-state index is 0. The second-order valence-electron chi connectivity index (χ2n) is 10.2. The number of hydrogen-bond acceptors (Lipinski definition) is 5. The van der Waals surface area contributed by atoms with Crippen LogP contribution in [-0.2, 0) is 13.1 Å². The minimum absolute atomic E-state index is 0. The van der Waals surface area contributed by atoms with E-state index >= 15 is 0 Å². The zero-order chi connectivity index (χ0) is 25.9. The van der Waals surface area contributed by atoms with E-state index in [-0.39, 0.29) is 13.3 Å². The molecule has 0 radical (unpaired) electrons. The first-order valence-corrected chi connectivity index (χ1v) is 14.4. The lowest BCUT2D eigenvalue weighted by molar-refractivity contribution is 0.0745. The van der Waals surface area contributed by atoms with Crippen LogP contribution in [0.1, 0.15) is 88.7 Å². The molecule has 1 saturated heterocycles. The molecule has 1 fully saturated rings. The van der Waals surface area contributed by atoms with Gasteiger partial charge < -0.3 is 15.1 Å². The van der Waals surface area contributed by atoms with Crippen LogP contribution >= 0.6 is 0 Å². The predicted octanol–water partition coefficient (Wildman–Crippen LogP) is 6.60. The molecule has 0 atom stereocenters. The number of likely N-dealkylation sites (tertiary alicyclic amines) is 1. The number of fused-ring (bicyclic) bond motifs is 1. The Hall–Kier alpha value is -2.93. The number of imidazole rings is 1. The number of pyridine rings is 1. The summed E-state index contributed by atoms with van der Waals surface area (Å²) in [7, 11) is 0. The van der Waals surface area contributed by atoms with Gasteiger partial charge in [0.1, 0.15) is 11.2 Å². The molecule has 1 N–H and O–H groups in total. The van der Waals surface area contributed by atoms with E-state index in [1.54, 1.807) is 0 Å². The Labute approximate surface area is 229 Å². The molecule has 0 saturated carbocycles. The summed E-state index contributed by atoms with van der Waals surface area (Å²) in [5.74, 6) is 0.854. The van der Waals surface area contributed by atoms with Gasteiger partial charge in [0.25, 0.3) is 5.91 Å². The average Bonchev–Trinajstić information content (AvgIpc) is 3.29. The van der Waals surface area contributed by atoms with E-state index in [1.807, 2.05) is 23.1 Å². The van der Waals surface area contributed by atoms with Gasteiger partial charge in [-0.3, -0.25) is 9.36 Å². The highest BCUT2D eigenvalue weighted by Crippen LogP contribution is 2.21. The number of hydrogen-bond donors (Lipinski definition) is 1. The Morgan fingerprint density at radius 2 is 1.61 bits per heavy atom. The van der Waals surface area contributed by atoms with Gasteiger partial charge in [0.2, 0.25) is 5.95 Å². The summed E-state index contributed by atoms with van der Waals surface area (Å²) in [6.45, 7) is 10.9. The molecular formula is C31H48N6O. The Kier molecular flexibility index (Phi) is 12.1. The fourth-order valence-corrected chi connectivity index (χ4v) is 5.05. The molecule has 1 aliphatic heterocycles. The fraction of sp³-hybridized carbons (Fsp3) is 0.581. The smallest absolute Gasteiger partial charge is 0.272 e. The maximum Gasteiger partial charge on any atom is 0.272 e. The molecular weight excluding hydrogens is 472 g/mol. The number of unbranched alkanes of at least 4 members (excludes halogenated alkanes) is 2. The molecule has 3 heterocycles. The fourth-order valence-electron chi connectivity index (χ4n) is 5.05. The lowest BCUT2D eigenvalue weighted by atomic mass is 10.1. The molecule has 2 aromatic heterocycles. The van der Waals surface area contributed by atoms with Gasteiger partial charge in [0.15, 0.2) is 5.65 Å². The summed E-state index contributed by atoms with van der Waals surface area (Å²) in [5, 5.41) is 3.54. The van der Waals surface area contributed by atoms with Gasteiger partial charge in [0.05, 0.1) is 0 Å². The van der Waals surface area contributed by atoms with E-state index in [1.165, 1.54) is 37.9 Å². The third-order valence-electron chi connectivity index (χ3n) is 7.26. The van der Waals surface area contributed by atoms with Crippen LogP contribution in [0.4, 0.5) is 5.95 Å². The predicted molar refractivity (Wildman–Crippen MR) is 159 cm³/mol. The van der Waals surface area contributed by atoms with Crippen LogP contribution in [0.2, 0.25) is 0 Å². The normalized spacial score (nSPS) is 13.8. The number of piperidine rings is 1. The van der Waals surface area contributed by atoms with Crippen molar-refractivity contribution in [1.82, 2.24) is 24.3 Å². The Bertz CT molecular complexity index is 1100. The maximum atomic E-state index is 13.5. The van der Waals surface area contributed by atoms with Crippen LogP contribution in [0.15, 0.2) is 42.5 Å². The Morgan fingerprint density at radius 3 is 2.29 bits per heavy atom. The number of nitrogens with zero attached hydrogens (tertiary/aromatic N) is 5. The molecule has 0 spiro atoms. The van der Waals surface area contributed by atoms with Crippen molar-refractivity contribution in [3.05, 3.63) is 53.7 Å². The van der Waals surface area contributed by atoms with Crippen LogP contribution in [0, 0.1) is 0 Å². The van der Waals surface area contributed by atoms with Gasteiger partial charge in [-0.2, -0.15) is 0 Å². The molecule has 1 amide bonds. The minimum Gasteiger partial charge on any atom is -0.352 e. The first-order valence-electron chi connectivity index (χ1n) is 14.4. The maximum absolute atomic E-state index is 13.5. The monoisotopic (exact) mass is 520 g/mol. The standard InChI is InChI=1S/C30H44N6O.CH4/c1-3-5-21-35(22-6-4-2)29(37)27-17-16-26-28(32-27)36(23-13-20-34-18-11-8-12-19-34)30(33-26)31-24-25-14-9-7-10-15-25;/h7,9-10,14-17H,3-6,8,11-13,18-24H2,1-2H3,(H,31,33);1H4. The summed E-state index contributed by atoms with van der Waals surface area (Å²) < 4.78 is 2.18. The highest BCUT2D eigenvalue weighted by molar-refractivity contribution is 5.94. The third kappa shape index (κ3) is 8.03. The van der Waals surface area contributed by atoms with Gasteiger partial charge in [-0.05, 0) is 69.4 Å². The third-order valence-corrected chi connectivity index (χ3v) is 7.26. The van der Waals surface area contributed by atoms with Crippen molar-refractivity contribution in [3.63, 3.8) is 0 Å². The van der Waals surface area contributed by atoms with Crippen molar-refractivity contribution in [1.29, 1.82) is 0 Å². The van der Waals surface area contributed by atoms with Crippen molar-refractivity contribution in [2.45, 2.75) is 85.7 Å². The molecule has 38 heavy (non-hydrogen) atoms. The molecule has 4 rings (SSSR count). The summed E-state index contributed by atoms with van der Waals surface area (Å²) in [6, 6.07) is 14.2. The van der Waals surface area contributed by atoms with Crippen LogP contribution < -0.4 is 5.32 Å². The highest BCUT2D eigenvalue weighted by atomic mass is 16.2. The van der Waals surface area contributed by atoms with Crippen LogP contribution in [0.25, 0.3) is 11.2 Å². The van der Waals surface area contributed by atoms with Gasteiger partial charge in [-0.15, -0.1) is 0 Å². The number of anilines is 1. The Morgan fingerprint density at radius 1 is 0.895 bits per heavy atom. The van der Waals surface area contributed by atoms with E-state index in [0.717, 1.165) is 75.4 Å². The second-order valence-corrected chi connectivity index (χ2v) is 10.2. The molecule has 0 unspecified atom stereocenters. The summed E-state index contributed by atoms with van der Waals surface area (Å²) in [4.78, 5) is 27.8. The van der Waals surface area contributed by atoms with Crippen LogP contribution in [-0.4, -0.2) is 63.0 Å². The van der Waals surface area contributed by atoms with Crippen molar-refractivity contribution < 1.29 is 4.79 Å². The molecule has 3 aromatic rings. The van der Waals surface area contributed by atoms with Crippen LogP contribution in [0.3, 0.4) is 0 Å². The topological polar surface area (TPSA) is 66.3 Å². The van der Waals surface area contributed by atoms with Gasteiger partial charge >= 0.3 is 0 Å². The van der Waals surface area contributed by atoms with E-state index in [4.69, 9.17) is 9.97 Å². The SMILES string of the molecule is C.CCCCN(CCCC)C(=O)c1ccc2nc(NCc3ccccc3)n(CCCN3CCCCC3)c2n1. The summed E-state index contributed by atoms with van der Waals surface area (Å²) in [6.07, 6.45) is 9.16. The number of carbonyl (C=O) groups excluding carboxylic acids is 1. The first-order chi connectivity index (χ1) is 18.2. The van der Waals surface area contributed by atoms with Crippen LogP contribution in [0.5, 0.6) is 0 Å². The highest BCUT2D eigenvalue weighted by Gasteiger charge is 2.20. The number of carbonyl (C=O) groups is 1. The van der Waals surface area contributed by atoms with E-state index in [0.29, 0.717) is 12.2 Å². The van der Waals surface area contributed by atoms with Crippen molar-refractivity contribution in [2.24, 2.45) is 0 Å². The molecule has 0 bridgehead atoms. The molecule has 1 aliphatic rings. The number of aromatic nitrogens is 3. The molecule has 1 aromatic carbocycles. The van der Waals surface area contributed by atoms with Crippen molar-refractivity contribution in [2.75, 3.05) is 38.0 Å². The van der Waals surface area contributed by atoms with Crippen molar-refractivity contribution in [3.8, 4) is 0 Å². The zero-order valence-corrected chi connectivity index (χ0v) is 22.8. The van der Waals surface area contributed by atoms with Gasteiger partial charge in [-0.25, -0.2) is 9.97 Å². The number of nitrogens with one attached hydrogen (secondary N) is 1. The molecule has 208 valence electrons. The number of aryl methyl sites for hydroxylation is 1. The second kappa shape index (κ2) is 15.5. The average molecular weight is 521 g/mol. The number of benzene rings is 1. The number of amides is 1. The quantitative estimate of drug-likeness (QED) is 0.259. The van der Waals surface area contributed by atoms with E-state index < -0.39 is 0 Å². The summed E-state index contributed by atoms with van der Waals surface area (Å²) >= 11 is 0. The Balaban J connectivity index is 0.00000400. The molecule has 7 nitrogen and oxygen atoms in total. The van der Waals surface area contributed by atoms with Gasteiger partial charge in [-0.1, -0.05) is 70.9 Å². The van der Waals surface area contributed by atoms with E-state index in [2.05, 4.69) is 52.9 Å². The van der Waals surface area contributed by atoms with E-state index in [9.17, 15) is 4.79 Å². The number of rotatable bonds is 14. The summed E-state index contributed by atoms with van der Waals surface area (Å²) in [5.41, 5.74) is 3.36. The lowest BCUT2D eigenvalue weighted by Crippen LogP contribution is -2.33.